The molecule has 1 aromatic rings. The Balaban J connectivity index is 2.29. The Kier molecular flexibility index (Phi) is 2.32. The van der Waals surface area contributed by atoms with Crippen molar-refractivity contribution in [2.45, 2.75) is 31.8 Å². The van der Waals surface area contributed by atoms with Crippen molar-refractivity contribution >= 4 is 15.9 Å². The van der Waals surface area contributed by atoms with Crippen molar-refractivity contribution in [1.82, 2.24) is 0 Å². The maximum absolute atomic E-state index is 9.79. The highest BCUT2D eigenvalue weighted by molar-refractivity contribution is 9.10. The van der Waals surface area contributed by atoms with Crippen LogP contribution >= 0.6 is 15.9 Å². The first kappa shape index (κ1) is 9.99. The molecule has 1 saturated carbocycles. The van der Waals surface area contributed by atoms with E-state index in [-0.39, 0.29) is 5.75 Å². The molecule has 0 atom stereocenters. The van der Waals surface area contributed by atoms with E-state index in [1.165, 1.54) is 0 Å². The molecule has 1 aliphatic rings. The van der Waals surface area contributed by atoms with E-state index < -0.39 is 5.60 Å². The fourth-order valence-electron chi connectivity index (χ4n) is 1.57. The van der Waals surface area contributed by atoms with Gasteiger partial charge in [-0.3, -0.25) is 0 Å². The minimum atomic E-state index is -0.471. The van der Waals surface area contributed by atoms with E-state index in [1.807, 2.05) is 13.0 Å². The number of phenolic OH excluding ortho intramolecular Hbond substituents is 1. The van der Waals surface area contributed by atoms with Crippen LogP contribution in [0.3, 0.4) is 0 Å². The third-order valence-electron chi connectivity index (χ3n) is 2.75. The van der Waals surface area contributed by atoms with Crippen molar-refractivity contribution in [2.75, 3.05) is 0 Å². The number of benzene rings is 1. The van der Waals surface area contributed by atoms with Crippen molar-refractivity contribution in [3.63, 3.8) is 0 Å². The van der Waals surface area contributed by atoms with Gasteiger partial charge >= 0.3 is 0 Å². The highest BCUT2D eigenvalue weighted by atomic mass is 79.9. The van der Waals surface area contributed by atoms with Crippen LogP contribution in [0.25, 0.3) is 0 Å². The molecule has 3 heteroatoms. The predicted molar refractivity (Wildman–Crippen MR) is 58.4 cm³/mol. The lowest BCUT2D eigenvalue weighted by Crippen LogP contribution is -2.11. The summed E-state index contributed by atoms with van der Waals surface area (Å²) >= 11 is 3.28. The minimum absolute atomic E-state index is 0.258. The van der Waals surface area contributed by atoms with E-state index in [4.69, 9.17) is 0 Å². The summed E-state index contributed by atoms with van der Waals surface area (Å²) in [6.45, 7) is 1.95. The van der Waals surface area contributed by atoms with Crippen LogP contribution in [-0.2, 0) is 6.42 Å². The lowest BCUT2D eigenvalue weighted by Gasteiger charge is -2.11. The van der Waals surface area contributed by atoms with Gasteiger partial charge in [0.15, 0.2) is 0 Å². The van der Waals surface area contributed by atoms with Gasteiger partial charge in [0.1, 0.15) is 5.75 Å². The Morgan fingerprint density at radius 1 is 1.43 bits per heavy atom. The van der Waals surface area contributed by atoms with Gasteiger partial charge in [-0.2, -0.15) is 0 Å². The molecule has 0 unspecified atom stereocenters. The molecule has 14 heavy (non-hydrogen) atoms. The standard InChI is InChI=1S/C11H13BrO2/c1-7-4-10(13)9(12)5-8(7)6-11(14)2-3-11/h4-5,13-14H,2-3,6H2,1H3. The average Bonchev–Trinajstić information content (AvgIpc) is 2.80. The van der Waals surface area contributed by atoms with Gasteiger partial charge in [-0.25, -0.2) is 0 Å². The topological polar surface area (TPSA) is 40.5 Å². The van der Waals surface area contributed by atoms with Crippen molar-refractivity contribution in [1.29, 1.82) is 0 Å². The van der Waals surface area contributed by atoms with E-state index in [1.54, 1.807) is 6.07 Å². The Morgan fingerprint density at radius 3 is 2.64 bits per heavy atom. The number of rotatable bonds is 2. The molecule has 0 bridgehead atoms. The summed E-state index contributed by atoms with van der Waals surface area (Å²) in [4.78, 5) is 0. The maximum atomic E-state index is 9.79. The smallest absolute Gasteiger partial charge is 0.130 e. The summed E-state index contributed by atoms with van der Waals surface area (Å²) < 4.78 is 0.697. The minimum Gasteiger partial charge on any atom is -0.507 e. The molecule has 0 radical (unpaired) electrons. The Bertz CT molecular complexity index is 370. The predicted octanol–water partition coefficient (Wildman–Crippen LogP) is 2.53. The summed E-state index contributed by atoms with van der Waals surface area (Å²) in [5, 5.41) is 19.2. The fraction of sp³-hybridized carbons (Fsp3) is 0.455. The molecule has 0 saturated heterocycles. The Morgan fingerprint density at radius 2 is 2.07 bits per heavy atom. The van der Waals surface area contributed by atoms with Crippen LogP contribution in [0.5, 0.6) is 5.75 Å². The van der Waals surface area contributed by atoms with Crippen molar-refractivity contribution in [3.8, 4) is 5.75 Å². The Hall–Kier alpha value is -0.540. The summed E-state index contributed by atoms with van der Waals surface area (Å²) in [7, 11) is 0. The van der Waals surface area contributed by atoms with E-state index in [0.29, 0.717) is 10.9 Å². The molecule has 0 aliphatic heterocycles. The monoisotopic (exact) mass is 256 g/mol. The first-order valence-electron chi connectivity index (χ1n) is 4.71. The molecular formula is C11H13BrO2. The summed E-state index contributed by atoms with van der Waals surface area (Å²) in [6, 6.07) is 3.62. The molecule has 76 valence electrons. The molecule has 2 rings (SSSR count). The second kappa shape index (κ2) is 3.24. The van der Waals surface area contributed by atoms with Gasteiger partial charge in [0.2, 0.25) is 0 Å². The van der Waals surface area contributed by atoms with Gasteiger partial charge < -0.3 is 10.2 Å². The van der Waals surface area contributed by atoms with Gasteiger partial charge in [0.25, 0.3) is 0 Å². The second-order valence-electron chi connectivity index (χ2n) is 4.13. The van der Waals surface area contributed by atoms with Gasteiger partial charge in [-0.1, -0.05) is 0 Å². The zero-order chi connectivity index (χ0) is 10.3. The van der Waals surface area contributed by atoms with Gasteiger partial charge in [0.05, 0.1) is 10.1 Å². The molecule has 0 aromatic heterocycles. The molecule has 2 N–H and O–H groups in total. The molecule has 1 aliphatic carbocycles. The first-order chi connectivity index (χ1) is 6.50. The van der Waals surface area contributed by atoms with Gasteiger partial charge in [-0.15, -0.1) is 0 Å². The molecule has 2 nitrogen and oxygen atoms in total. The highest BCUT2D eigenvalue weighted by Crippen LogP contribution is 2.40. The van der Waals surface area contributed by atoms with Crippen LogP contribution < -0.4 is 0 Å². The fourth-order valence-corrected chi connectivity index (χ4v) is 1.96. The van der Waals surface area contributed by atoms with Crippen molar-refractivity contribution in [3.05, 3.63) is 27.7 Å². The first-order valence-corrected chi connectivity index (χ1v) is 5.50. The number of halogens is 1. The molecular weight excluding hydrogens is 244 g/mol. The largest absolute Gasteiger partial charge is 0.507 e. The van der Waals surface area contributed by atoms with Gasteiger partial charge in [0, 0.05) is 6.42 Å². The summed E-state index contributed by atoms with van der Waals surface area (Å²) in [5.74, 6) is 0.258. The summed E-state index contributed by atoms with van der Waals surface area (Å²) in [5.41, 5.74) is 1.67. The Labute approximate surface area is 91.7 Å². The van der Waals surface area contributed by atoms with E-state index in [2.05, 4.69) is 15.9 Å². The van der Waals surface area contributed by atoms with E-state index in [0.717, 1.165) is 24.0 Å². The SMILES string of the molecule is Cc1cc(O)c(Br)cc1CC1(O)CC1. The van der Waals surface area contributed by atoms with Crippen LogP contribution in [-0.4, -0.2) is 15.8 Å². The van der Waals surface area contributed by atoms with Crippen LogP contribution in [0.2, 0.25) is 0 Å². The lowest BCUT2D eigenvalue weighted by atomic mass is 10.0. The normalized spacial score (nSPS) is 18.2. The number of aryl methyl sites for hydroxylation is 1. The zero-order valence-electron chi connectivity index (χ0n) is 8.05. The third-order valence-corrected chi connectivity index (χ3v) is 3.39. The molecule has 0 heterocycles. The number of hydrogen-bond donors (Lipinski definition) is 2. The van der Waals surface area contributed by atoms with Crippen LogP contribution in [0, 0.1) is 6.92 Å². The van der Waals surface area contributed by atoms with Crippen molar-refractivity contribution in [2.24, 2.45) is 0 Å². The van der Waals surface area contributed by atoms with Gasteiger partial charge in [-0.05, 0) is 59.0 Å². The number of phenols is 1. The quantitative estimate of drug-likeness (QED) is 0.854. The highest BCUT2D eigenvalue weighted by Gasteiger charge is 2.40. The van der Waals surface area contributed by atoms with Crippen LogP contribution in [0.15, 0.2) is 16.6 Å². The van der Waals surface area contributed by atoms with E-state index in [9.17, 15) is 10.2 Å². The van der Waals surface area contributed by atoms with E-state index >= 15 is 0 Å². The average molecular weight is 257 g/mol. The maximum Gasteiger partial charge on any atom is 0.130 e. The number of hydrogen-bond acceptors (Lipinski definition) is 2. The number of aliphatic hydroxyl groups is 1. The molecule has 0 amide bonds. The molecule has 0 spiro atoms. The van der Waals surface area contributed by atoms with Crippen LogP contribution in [0.4, 0.5) is 0 Å². The summed E-state index contributed by atoms with van der Waals surface area (Å²) in [6.07, 6.45) is 2.48. The molecule has 1 aromatic carbocycles. The van der Waals surface area contributed by atoms with Crippen LogP contribution in [0.1, 0.15) is 24.0 Å². The third kappa shape index (κ3) is 1.93. The molecule has 1 fully saturated rings. The second-order valence-corrected chi connectivity index (χ2v) is 4.99. The zero-order valence-corrected chi connectivity index (χ0v) is 9.63. The van der Waals surface area contributed by atoms with Crippen molar-refractivity contribution < 1.29 is 10.2 Å². The number of aromatic hydroxyl groups is 1. The lowest BCUT2D eigenvalue weighted by molar-refractivity contribution is 0.150.